The summed E-state index contributed by atoms with van der Waals surface area (Å²) in [7, 11) is 0. The van der Waals surface area contributed by atoms with E-state index in [9.17, 15) is 0 Å². The summed E-state index contributed by atoms with van der Waals surface area (Å²) in [6, 6.07) is 43.8. The summed E-state index contributed by atoms with van der Waals surface area (Å²) >= 11 is 0. The number of benzene rings is 3. The fourth-order valence-electron chi connectivity index (χ4n) is 6.30. The molecule has 0 amide bonds. The molecule has 0 bridgehead atoms. The minimum atomic E-state index is 0.862. The highest BCUT2D eigenvalue weighted by Gasteiger charge is 2.17. The zero-order chi connectivity index (χ0) is 31.2. The van der Waals surface area contributed by atoms with Gasteiger partial charge in [0.15, 0.2) is 0 Å². The molecule has 0 saturated carbocycles. The molecule has 0 unspecified atom stereocenters. The van der Waals surface area contributed by atoms with Gasteiger partial charge < -0.3 is 0 Å². The molecule has 0 saturated heterocycles. The number of fused-ring (bicyclic) bond motifs is 5. The lowest BCUT2D eigenvalue weighted by molar-refractivity contribution is 1.22. The summed E-state index contributed by atoms with van der Waals surface area (Å²) in [6.45, 7) is 0. The van der Waals surface area contributed by atoms with Gasteiger partial charge in [-0.3, -0.25) is 14.4 Å². The van der Waals surface area contributed by atoms with E-state index in [4.69, 9.17) is 15.0 Å². The number of nitrogens with zero attached hydrogens (tertiary/aromatic N) is 6. The number of pyridine rings is 5. The van der Waals surface area contributed by atoms with Crippen LogP contribution in [0, 0.1) is 0 Å². The van der Waals surface area contributed by atoms with E-state index >= 15 is 0 Å². The van der Waals surface area contributed by atoms with E-state index in [-0.39, 0.29) is 0 Å². The van der Waals surface area contributed by atoms with Crippen LogP contribution in [0.1, 0.15) is 0 Å². The van der Waals surface area contributed by atoms with E-state index in [1.54, 1.807) is 12.4 Å². The summed E-state index contributed by atoms with van der Waals surface area (Å²) in [4.78, 5) is 23.9. The van der Waals surface area contributed by atoms with Crippen molar-refractivity contribution < 1.29 is 0 Å². The third kappa shape index (κ3) is 4.80. The molecule has 0 fully saturated rings. The Balaban J connectivity index is 1.18. The van der Waals surface area contributed by atoms with Crippen LogP contribution in [0.4, 0.5) is 0 Å². The number of hydrogen-bond donors (Lipinski definition) is 0. The van der Waals surface area contributed by atoms with Crippen LogP contribution < -0.4 is 0 Å². The van der Waals surface area contributed by atoms with E-state index in [0.29, 0.717) is 0 Å². The first-order valence-corrected chi connectivity index (χ1v) is 15.5. The maximum Gasteiger partial charge on any atom is 0.137 e. The van der Waals surface area contributed by atoms with Gasteiger partial charge in [0.1, 0.15) is 11.2 Å². The Labute approximate surface area is 270 Å². The molecule has 3 aromatic carbocycles. The van der Waals surface area contributed by atoms with Crippen molar-refractivity contribution in [1.29, 1.82) is 0 Å². The quantitative estimate of drug-likeness (QED) is 0.196. The molecule has 9 rings (SSSR count). The molecule has 0 aliphatic rings. The topological polar surface area (TPSA) is 68.9 Å². The second-order valence-electron chi connectivity index (χ2n) is 11.5. The largest absolute Gasteiger partial charge is 0.298 e. The van der Waals surface area contributed by atoms with Gasteiger partial charge in [0.05, 0.1) is 28.1 Å². The molecule has 6 nitrogen and oxygen atoms in total. The molecule has 6 heterocycles. The van der Waals surface area contributed by atoms with Crippen molar-refractivity contribution in [2.75, 3.05) is 0 Å². The SMILES string of the molecule is c1cc(-c2cccc(-c3nc4ccccc4c4nc5ccccn5c34)c2)cc(-c2cc(-c3cccnc3)nc(-c3cccnc3)c2)c1. The third-order valence-electron chi connectivity index (χ3n) is 8.55. The van der Waals surface area contributed by atoms with Crippen molar-refractivity contribution in [1.82, 2.24) is 29.3 Å². The Hall–Kier alpha value is -6.53. The van der Waals surface area contributed by atoms with Gasteiger partial charge in [-0.05, 0) is 89.0 Å². The molecule has 6 aromatic heterocycles. The lowest BCUT2D eigenvalue weighted by Gasteiger charge is -2.12. The van der Waals surface area contributed by atoms with Crippen molar-refractivity contribution in [3.05, 3.63) is 158 Å². The summed E-state index contributed by atoms with van der Waals surface area (Å²) in [5.74, 6) is 0. The minimum Gasteiger partial charge on any atom is -0.298 e. The van der Waals surface area contributed by atoms with Crippen LogP contribution in [-0.4, -0.2) is 29.3 Å². The van der Waals surface area contributed by atoms with E-state index in [0.717, 1.165) is 83.6 Å². The highest BCUT2D eigenvalue weighted by atomic mass is 15.0. The van der Waals surface area contributed by atoms with Crippen molar-refractivity contribution >= 4 is 27.6 Å². The molecule has 220 valence electrons. The zero-order valence-electron chi connectivity index (χ0n) is 25.2. The van der Waals surface area contributed by atoms with Crippen molar-refractivity contribution in [2.45, 2.75) is 0 Å². The fraction of sp³-hybridized carbons (Fsp3) is 0. The Morgan fingerprint density at radius 2 is 1.06 bits per heavy atom. The van der Waals surface area contributed by atoms with Crippen LogP contribution >= 0.6 is 0 Å². The van der Waals surface area contributed by atoms with Crippen LogP contribution in [0.3, 0.4) is 0 Å². The predicted molar refractivity (Wildman–Crippen MR) is 189 cm³/mol. The standard InChI is InChI=1S/C41H26N6/c1-2-16-35-34(15-1)40-41(47-20-4-3-17-38(47)46-40)39(45-35)30-12-6-10-28(22-30)27-9-5-11-29(21-27)33-23-36(31-13-7-18-42-25-31)44-37(24-33)32-14-8-19-43-26-32/h1-26H. The van der Waals surface area contributed by atoms with Crippen LogP contribution in [0.2, 0.25) is 0 Å². The van der Waals surface area contributed by atoms with Crippen molar-refractivity contribution in [3.63, 3.8) is 0 Å². The first kappa shape index (κ1) is 26.8. The third-order valence-corrected chi connectivity index (χ3v) is 8.55. The van der Waals surface area contributed by atoms with Crippen LogP contribution in [0.15, 0.2) is 158 Å². The van der Waals surface area contributed by atoms with Crippen molar-refractivity contribution in [3.8, 4) is 56.0 Å². The number of para-hydroxylation sites is 1. The van der Waals surface area contributed by atoms with Gasteiger partial charge >= 0.3 is 0 Å². The van der Waals surface area contributed by atoms with Crippen LogP contribution in [0.5, 0.6) is 0 Å². The first-order valence-electron chi connectivity index (χ1n) is 15.5. The van der Waals surface area contributed by atoms with Crippen molar-refractivity contribution in [2.24, 2.45) is 0 Å². The van der Waals surface area contributed by atoms with Gasteiger partial charge in [-0.15, -0.1) is 0 Å². The minimum absolute atomic E-state index is 0.862. The van der Waals surface area contributed by atoms with Crippen LogP contribution in [-0.2, 0) is 0 Å². The Morgan fingerprint density at radius 3 is 1.77 bits per heavy atom. The number of aromatic nitrogens is 6. The fourth-order valence-corrected chi connectivity index (χ4v) is 6.30. The molecule has 6 heteroatoms. The summed E-state index contributed by atoms with van der Waals surface area (Å²) in [6.07, 6.45) is 9.32. The van der Waals surface area contributed by atoms with E-state index in [1.807, 2.05) is 67.0 Å². The van der Waals surface area contributed by atoms with E-state index in [1.165, 1.54) is 0 Å². The highest BCUT2D eigenvalue weighted by molar-refractivity contribution is 6.09. The molecule has 0 spiro atoms. The maximum atomic E-state index is 5.19. The van der Waals surface area contributed by atoms with Gasteiger partial charge in [-0.1, -0.05) is 60.7 Å². The second kappa shape index (κ2) is 11.1. The molecule has 9 aromatic rings. The summed E-state index contributed by atoms with van der Waals surface area (Å²) < 4.78 is 2.14. The second-order valence-corrected chi connectivity index (χ2v) is 11.5. The van der Waals surface area contributed by atoms with Gasteiger partial charge in [-0.25, -0.2) is 15.0 Å². The molecule has 47 heavy (non-hydrogen) atoms. The van der Waals surface area contributed by atoms with E-state index in [2.05, 4.69) is 93.4 Å². The average Bonchev–Trinajstić information content (AvgIpc) is 3.55. The lowest BCUT2D eigenvalue weighted by atomic mass is 9.95. The predicted octanol–water partition coefficient (Wildman–Crippen LogP) is 9.56. The number of hydrogen-bond acceptors (Lipinski definition) is 5. The normalized spacial score (nSPS) is 11.4. The summed E-state index contributed by atoms with van der Waals surface area (Å²) in [5, 5.41) is 1.05. The Bertz CT molecular complexity index is 2520. The molecule has 0 aliphatic heterocycles. The number of rotatable bonds is 5. The number of imidazole rings is 1. The molecule has 0 atom stereocenters. The van der Waals surface area contributed by atoms with E-state index < -0.39 is 0 Å². The maximum absolute atomic E-state index is 5.19. The molecular formula is C41H26N6. The first-order chi connectivity index (χ1) is 23.3. The van der Waals surface area contributed by atoms with Gasteiger partial charge in [0.25, 0.3) is 0 Å². The Kier molecular flexibility index (Phi) is 6.35. The average molecular weight is 603 g/mol. The lowest BCUT2D eigenvalue weighted by Crippen LogP contribution is -1.93. The zero-order valence-corrected chi connectivity index (χ0v) is 25.2. The Morgan fingerprint density at radius 1 is 0.447 bits per heavy atom. The van der Waals surface area contributed by atoms with Crippen LogP contribution in [0.25, 0.3) is 83.6 Å². The molecule has 0 radical (unpaired) electrons. The summed E-state index contributed by atoms with van der Waals surface area (Å²) in [5.41, 5.74) is 13.8. The monoisotopic (exact) mass is 602 g/mol. The highest BCUT2D eigenvalue weighted by Crippen LogP contribution is 2.36. The van der Waals surface area contributed by atoms with Gasteiger partial charge in [0.2, 0.25) is 0 Å². The smallest absolute Gasteiger partial charge is 0.137 e. The van der Waals surface area contributed by atoms with Gasteiger partial charge in [-0.2, -0.15) is 0 Å². The van der Waals surface area contributed by atoms with Gasteiger partial charge in [0, 0.05) is 53.1 Å². The molecular weight excluding hydrogens is 576 g/mol. The molecule has 0 N–H and O–H groups in total. The molecule has 0 aliphatic carbocycles.